The van der Waals surface area contributed by atoms with Crippen molar-refractivity contribution < 1.29 is 42.7 Å². The van der Waals surface area contributed by atoms with Crippen molar-refractivity contribution in [2.75, 3.05) is 6.61 Å². The maximum absolute atomic E-state index is 7.50. The number of fused-ring (bicyclic) bond motifs is 2. The summed E-state index contributed by atoms with van der Waals surface area (Å²) < 4.78 is 36.4. The Morgan fingerprint density at radius 2 is 1.50 bits per heavy atom. The Kier molecular flexibility index (Phi) is 38.4. The molecule has 0 aromatic carbocycles. The summed E-state index contributed by atoms with van der Waals surface area (Å²) in [7, 11) is 0. The first-order valence-corrected chi connectivity index (χ1v) is 8.49. The molecule has 0 aliphatic heterocycles. The van der Waals surface area contributed by atoms with Gasteiger partial charge in [0.1, 0.15) is 0 Å². The van der Waals surface area contributed by atoms with Crippen LogP contribution in [0.25, 0.3) is 0 Å². The van der Waals surface area contributed by atoms with Crippen LogP contribution in [0.5, 0.6) is 0 Å². The first-order chi connectivity index (χ1) is 11.8. The molecule has 1 saturated carbocycles. The van der Waals surface area contributed by atoms with Crippen LogP contribution in [0.3, 0.4) is 0 Å². The summed E-state index contributed by atoms with van der Waals surface area (Å²) in [6, 6.07) is 0. The molecule has 0 spiro atoms. The molecule has 6 heteroatoms. The average molecular weight is 502 g/mol. The first kappa shape index (κ1) is 30.8. The van der Waals surface area contributed by atoms with E-state index in [1.165, 1.54) is 42.7 Å². The van der Waals surface area contributed by atoms with Crippen LogP contribution < -0.4 is 0 Å². The SMILES string of the molecule is C1=CC2CCC1C2.C=CCC[C](=[W])OCC.[C-]#[O+].[C-]#[O+].[C-]#[O+].[C-]#[O+]. The first-order valence-electron chi connectivity index (χ1n) is 7.02. The second kappa shape index (κ2) is 29.9. The van der Waals surface area contributed by atoms with Gasteiger partial charge in [0.05, 0.1) is 0 Å². The van der Waals surface area contributed by atoms with Crippen molar-refractivity contribution in [2.24, 2.45) is 11.8 Å². The van der Waals surface area contributed by atoms with Crippen LogP contribution in [0, 0.1) is 38.4 Å². The minimum atomic E-state index is 0.802. The van der Waals surface area contributed by atoms with Gasteiger partial charge in [0.2, 0.25) is 0 Å². The van der Waals surface area contributed by atoms with E-state index in [9.17, 15) is 0 Å². The third-order valence-corrected chi connectivity index (χ3v) is 4.18. The molecule has 2 aliphatic carbocycles. The number of hydrogen-bond acceptors (Lipinski definition) is 1. The molecule has 2 aliphatic rings. The van der Waals surface area contributed by atoms with E-state index in [1.807, 2.05) is 13.0 Å². The molecule has 0 heterocycles. The van der Waals surface area contributed by atoms with Gasteiger partial charge in [-0.25, -0.2) is 0 Å². The summed E-state index contributed by atoms with van der Waals surface area (Å²) in [4.78, 5) is 0. The summed E-state index contributed by atoms with van der Waals surface area (Å²) in [5.74, 6) is 1.98. The molecule has 0 saturated heterocycles. The molecule has 0 aromatic rings. The quantitative estimate of drug-likeness (QED) is 0.322. The topological polar surface area (TPSA) is 88.8 Å². The fourth-order valence-electron chi connectivity index (χ4n) is 2.17. The third kappa shape index (κ3) is 21.0. The van der Waals surface area contributed by atoms with E-state index in [0.29, 0.717) is 0 Å². The molecule has 2 atom stereocenters. The van der Waals surface area contributed by atoms with E-state index in [2.05, 4.69) is 45.3 Å². The summed E-state index contributed by atoms with van der Waals surface area (Å²) in [6.07, 6.45) is 13.2. The van der Waals surface area contributed by atoms with Gasteiger partial charge in [-0.2, -0.15) is 0 Å². The van der Waals surface area contributed by atoms with E-state index >= 15 is 0 Å². The Morgan fingerprint density at radius 3 is 1.71 bits per heavy atom. The molecule has 0 N–H and O–H groups in total. The Bertz CT molecular complexity index is 371. The molecule has 2 unspecified atom stereocenters. The van der Waals surface area contributed by atoms with Crippen molar-refractivity contribution in [3.05, 3.63) is 51.4 Å². The van der Waals surface area contributed by atoms with Gasteiger partial charge in [0.25, 0.3) is 0 Å². The zero-order chi connectivity index (χ0) is 19.8. The molecular formula is C18H22O5W. The van der Waals surface area contributed by atoms with Gasteiger partial charge in [-0.15, -0.1) is 0 Å². The Morgan fingerprint density at radius 1 is 1.08 bits per heavy atom. The molecular weight excluding hydrogens is 480 g/mol. The zero-order valence-corrected chi connectivity index (χ0v) is 16.7. The van der Waals surface area contributed by atoms with Crippen molar-refractivity contribution in [1.82, 2.24) is 0 Å². The predicted octanol–water partition coefficient (Wildman–Crippen LogP) is 3.49. The van der Waals surface area contributed by atoms with Crippen molar-refractivity contribution in [3.63, 3.8) is 0 Å². The van der Waals surface area contributed by atoms with Gasteiger partial charge in [-0.1, -0.05) is 12.2 Å². The normalized spacial score (nSPS) is 17.0. The standard InChI is InChI=1S/C7H12O.C7H10.4CO.W/c1-3-5-6-7-8-4-2;1-2-7-4-3-6(1)5-7;4*1-2;/h3H,1,4-6H2,2H3;1-2,6-7H,3-5H2;;;;;. The third-order valence-electron chi connectivity index (χ3n) is 3.03. The van der Waals surface area contributed by atoms with Crippen LogP contribution in [-0.4, -0.2) is 10.7 Å². The van der Waals surface area contributed by atoms with Crippen molar-refractivity contribution >= 4 is 4.08 Å². The molecule has 130 valence electrons. The number of hydrogen-bond donors (Lipinski definition) is 0. The Balaban J connectivity index is -0.000000119. The van der Waals surface area contributed by atoms with Crippen LogP contribution in [0.15, 0.2) is 24.8 Å². The Hall–Kier alpha value is -1.04. The van der Waals surface area contributed by atoms with E-state index in [-0.39, 0.29) is 0 Å². The average Bonchev–Trinajstić information content (AvgIpc) is 3.33. The second-order valence-corrected chi connectivity index (χ2v) is 5.99. The molecule has 0 amide bonds. The van der Waals surface area contributed by atoms with E-state index < -0.39 is 0 Å². The minimum absolute atomic E-state index is 0.802. The van der Waals surface area contributed by atoms with E-state index in [1.54, 1.807) is 0 Å². The number of allylic oxidation sites excluding steroid dienone is 3. The van der Waals surface area contributed by atoms with Crippen LogP contribution >= 0.6 is 0 Å². The summed E-state index contributed by atoms with van der Waals surface area (Å²) >= 11 is 1.44. The molecule has 0 aromatic heterocycles. The zero-order valence-electron chi connectivity index (χ0n) is 13.8. The fourth-order valence-corrected chi connectivity index (χ4v) is 3.02. The van der Waals surface area contributed by atoms with Crippen LogP contribution in [-0.2, 0) is 42.7 Å². The van der Waals surface area contributed by atoms with Gasteiger partial charge in [-0.3, -0.25) is 0 Å². The number of ether oxygens (including phenoxy) is 1. The summed E-state index contributed by atoms with van der Waals surface area (Å²) in [5, 5.41) is 0. The van der Waals surface area contributed by atoms with Crippen molar-refractivity contribution in [3.8, 4) is 0 Å². The summed E-state index contributed by atoms with van der Waals surface area (Å²) in [6.45, 7) is 24.4. The van der Waals surface area contributed by atoms with Crippen molar-refractivity contribution in [2.45, 2.75) is 39.0 Å². The van der Waals surface area contributed by atoms with Crippen LogP contribution in [0.2, 0.25) is 0 Å². The van der Waals surface area contributed by atoms with Crippen molar-refractivity contribution in [1.29, 1.82) is 0 Å². The van der Waals surface area contributed by atoms with Crippen LogP contribution in [0.4, 0.5) is 0 Å². The molecule has 1 fully saturated rings. The maximum atomic E-state index is 7.50. The summed E-state index contributed by atoms with van der Waals surface area (Å²) in [5.41, 5.74) is 0. The predicted molar refractivity (Wildman–Crippen MR) is 81.8 cm³/mol. The fraction of sp³-hybridized carbons (Fsp3) is 0.500. The monoisotopic (exact) mass is 502 g/mol. The van der Waals surface area contributed by atoms with Crippen LogP contribution in [0.1, 0.15) is 39.0 Å². The molecule has 2 rings (SSSR count). The van der Waals surface area contributed by atoms with Gasteiger partial charge < -0.3 is 0 Å². The molecule has 5 nitrogen and oxygen atoms in total. The molecule has 2 bridgehead atoms. The molecule has 24 heavy (non-hydrogen) atoms. The number of rotatable bonds is 5. The van der Waals surface area contributed by atoms with Gasteiger partial charge in [-0.05, 0) is 31.1 Å². The second-order valence-electron chi connectivity index (χ2n) is 4.35. The molecule has 0 radical (unpaired) electrons. The van der Waals surface area contributed by atoms with E-state index in [0.717, 1.165) is 31.3 Å². The van der Waals surface area contributed by atoms with Gasteiger partial charge in [0, 0.05) is 0 Å². The van der Waals surface area contributed by atoms with E-state index in [4.69, 9.17) is 23.3 Å². The van der Waals surface area contributed by atoms with Gasteiger partial charge in [0.15, 0.2) is 0 Å². The Labute approximate surface area is 155 Å². The van der Waals surface area contributed by atoms with Gasteiger partial charge >= 0.3 is 112 Å².